The number of sulfone groups is 1. The molecule has 3 rings (SSSR count). The maximum Gasteiger partial charge on any atom is 0.356 e. The fourth-order valence-corrected chi connectivity index (χ4v) is 4.40. The monoisotopic (exact) mass is 309 g/mol. The standard InChI is InChI=1S/C13H15N3O4S/c1-20-13(17)9-5-4-7-11-14-12(15-16(9)11)10-6-2-3-8-21(10,18)19/h4-5,7,10H,2-3,6,8H2,1H3. The molecule has 7 nitrogen and oxygen atoms in total. The molecule has 0 N–H and O–H groups in total. The second-order valence-corrected chi connectivity index (χ2v) is 7.30. The van der Waals surface area contributed by atoms with Crippen LogP contribution in [0.4, 0.5) is 0 Å². The van der Waals surface area contributed by atoms with Gasteiger partial charge in [-0.2, -0.15) is 0 Å². The van der Waals surface area contributed by atoms with Gasteiger partial charge in [0.2, 0.25) is 0 Å². The Balaban J connectivity index is 2.11. The van der Waals surface area contributed by atoms with Crippen LogP contribution in [-0.2, 0) is 14.6 Å². The number of aromatic nitrogens is 3. The first-order chi connectivity index (χ1) is 10.0. The van der Waals surface area contributed by atoms with Gasteiger partial charge in [0.25, 0.3) is 0 Å². The van der Waals surface area contributed by atoms with Crippen molar-refractivity contribution in [2.45, 2.75) is 24.5 Å². The number of carbonyl (C=O) groups is 1. The zero-order valence-corrected chi connectivity index (χ0v) is 12.3. The predicted molar refractivity (Wildman–Crippen MR) is 74.7 cm³/mol. The van der Waals surface area contributed by atoms with Crippen molar-refractivity contribution in [2.75, 3.05) is 12.9 Å². The molecule has 21 heavy (non-hydrogen) atoms. The molecule has 3 heterocycles. The minimum Gasteiger partial charge on any atom is -0.464 e. The van der Waals surface area contributed by atoms with Crippen molar-refractivity contribution in [1.82, 2.24) is 14.6 Å². The summed E-state index contributed by atoms with van der Waals surface area (Å²) in [4.78, 5) is 16.0. The highest BCUT2D eigenvalue weighted by molar-refractivity contribution is 7.91. The van der Waals surface area contributed by atoms with E-state index in [1.807, 2.05) is 0 Å². The lowest BCUT2D eigenvalue weighted by molar-refractivity contribution is 0.0591. The molecule has 1 atom stereocenters. The highest BCUT2D eigenvalue weighted by Gasteiger charge is 2.33. The summed E-state index contributed by atoms with van der Waals surface area (Å²) >= 11 is 0. The number of rotatable bonds is 2. The number of pyridine rings is 1. The van der Waals surface area contributed by atoms with Gasteiger partial charge in [-0.05, 0) is 25.0 Å². The molecule has 0 aliphatic carbocycles. The van der Waals surface area contributed by atoms with E-state index in [9.17, 15) is 13.2 Å². The zero-order chi connectivity index (χ0) is 15.0. The number of nitrogens with zero attached hydrogens (tertiary/aromatic N) is 3. The number of carbonyl (C=O) groups excluding carboxylic acids is 1. The van der Waals surface area contributed by atoms with Gasteiger partial charge in [-0.15, -0.1) is 5.10 Å². The van der Waals surface area contributed by atoms with Crippen LogP contribution < -0.4 is 0 Å². The first kappa shape index (κ1) is 14.0. The molecule has 112 valence electrons. The van der Waals surface area contributed by atoms with Gasteiger partial charge in [-0.1, -0.05) is 12.5 Å². The summed E-state index contributed by atoms with van der Waals surface area (Å²) in [6, 6.07) is 4.90. The van der Waals surface area contributed by atoms with E-state index in [1.54, 1.807) is 18.2 Å². The van der Waals surface area contributed by atoms with Gasteiger partial charge in [0, 0.05) is 0 Å². The summed E-state index contributed by atoms with van der Waals surface area (Å²) in [6.07, 6.45) is 2.04. The Kier molecular flexibility index (Phi) is 3.40. The Labute approximate surface area is 121 Å². The molecule has 1 aliphatic heterocycles. The Morgan fingerprint density at radius 3 is 2.90 bits per heavy atom. The van der Waals surface area contributed by atoms with Crippen LogP contribution in [0.3, 0.4) is 0 Å². The molecule has 2 aromatic rings. The third-order valence-corrected chi connectivity index (χ3v) is 5.81. The lowest BCUT2D eigenvalue weighted by atomic mass is 10.2. The molecule has 2 aromatic heterocycles. The van der Waals surface area contributed by atoms with Gasteiger partial charge in [-0.25, -0.2) is 22.7 Å². The van der Waals surface area contributed by atoms with Crippen molar-refractivity contribution in [3.63, 3.8) is 0 Å². The van der Waals surface area contributed by atoms with Crippen LogP contribution in [0.25, 0.3) is 5.65 Å². The Morgan fingerprint density at radius 2 is 2.19 bits per heavy atom. The van der Waals surface area contributed by atoms with Crippen molar-refractivity contribution in [3.8, 4) is 0 Å². The largest absolute Gasteiger partial charge is 0.464 e. The number of methoxy groups -OCH3 is 1. The number of hydrogen-bond acceptors (Lipinski definition) is 6. The molecular formula is C13H15N3O4S. The van der Waals surface area contributed by atoms with Gasteiger partial charge in [0.1, 0.15) is 5.25 Å². The summed E-state index contributed by atoms with van der Waals surface area (Å²) in [6.45, 7) is 0. The summed E-state index contributed by atoms with van der Waals surface area (Å²) in [5, 5.41) is 3.54. The van der Waals surface area contributed by atoms with E-state index in [2.05, 4.69) is 10.1 Å². The van der Waals surface area contributed by atoms with Crippen molar-refractivity contribution < 1.29 is 17.9 Å². The molecule has 1 unspecified atom stereocenters. The Bertz CT molecular complexity index is 797. The number of hydrogen-bond donors (Lipinski definition) is 0. The third kappa shape index (κ3) is 2.39. The van der Waals surface area contributed by atoms with E-state index in [-0.39, 0.29) is 17.3 Å². The lowest BCUT2D eigenvalue weighted by Gasteiger charge is -2.19. The fourth-order valence-electron chi connectivity index (χ4n) is 2.56. The van der Waals surface area contributed by atoms with E-state index in [0.29, 0.717) is 18.5 Å². The van der Waals surface area contributed by atoms with E-state index >= 15 is 0 Å². The minimum absolute atomic E-state index is 0.164. The first-order valence-electron chi connectivity index (χ1n) is 6.68. The maximum atomic E-state index is 12.2. The smallest absolute Gasteiger partial charge is 0.356 e. The molecular weight excluding hydrogens is 294 g/mol. The van der Waals surface area contributed by atoms with Crippen molar-refractivity contribution >= 4 is 21.5 Å². The normalized spacial score (nSPS) is 21.3. The van der Waals surface area contributed by atoms with Crippen LogP contribution >= 0.6 is 0 Å². The number of esters is 1. The number of ether oxygens (including phenoxy) is 1. The van der Waals surface area contributed by atoms with Crippen LogP contribution in [0, 0.1) is 0 Å². The third-order valence-electron chi connectivity index (χ3n) is 3.64. The maximum absolute atomic E-state index is 12.2. The van der Waals surface area contributed by atoms with Crippen molar-refractivity contribution in [2.24, 2.45) is 0 Å². The molecule has 0 spiro atoms. The SMILES string of the molecule is COC(=O)c1cccc2nc(C3CCCCS3(=O)=O)nn12. The molecule has 0 saturated carbocycles. The van der Waals surface area contributed by atoms with E-state index in [0.717, 1.165) is 6.42 Å². The second kappa shape index (κ2) is 5.10. The highest BCUT2D eigenvalue weighted by atomic mass is 32.2. The van der Waals surface area contributed by atoms with Crippen LogP contribution in [0.5, 0.6) is 0 Å². The van der Waals surface area contributed by atoms with Crippen LogP contribution in [0.2, 0.25) is 0 Å². The van der Waals surface area contributed by atoms with E-state index in [1.165, 1.54) is 11.6 Å². The number of fused-ring (bicyclic) bond motifs is 1. The molecule has 0 radical (unpaired) electrons. The quantitative estimate of drug-likeness (QED) is 0.773. The highest BCUT2D eigenvalue weighted by Crippen LogP contribution is 2.31. The first-order valence-corrected chi connectivity index (χ1v) is 8.40. The van der Waals surface area contributed by atoms with Crippen LogP contribution in [-0.4, -0.2) is 41.8 Å². The van der Waals surface area contributed by atoms with E-state index < -0.39 is 21.1 Å². The van der Waals surface area contributed by atoms with Gasteiger partial charge in [0.15, 0.2) is 27.0 Å². The van der Waals surface area contributed by atoms with Gasteiger partial charge >= 0.3 is 5.97 Å². The average Bonchev–Trinajstić information content (AvgIpc) is 2.89. The fraction of sp³-hybridized carbons (Fsp3) is 0.462. The summed E-state index contributed by atoms with van der Waals surface area (Å²) in [7, 11) is -1.94. The van der Waals surface area contributed by atoms with Crippen molar-refractivity contribution in [3.05, 3.63) is 29.7 Å². The summed E-state index contributed by atoms with van der Waals surface area (Å²) in [5.74, 6) is -0.119. The van der Waals surface area contributed by atoms with Gasteiger partial charge in [-0.3, -0.25) is 0 Å². The minimum atomic E-state index is -3.22. The zero-order valence-electron chi connectivity index (χ0n) is 11.5. The van der Waals surface area contributed by atoms with Gasteiger partial charge < -0.3 is 4.74 Å². The van der Waals surface area contributed by atoms with Crippen molar-refractivity contribution in [1.29, 1.82) is 0 Å². The average molecular weight is 309 g/mol. The topological polar surface area (TPSA) is 90.6 Å². The molecule has 1 saturated heterocycles. The molecule has 8 heteroatoms. The molecule has 1 fully saturated rings. The van der Waals surface area contributed by atoms with Crippen LogP contribution in [0.1, 0.15) is 40.8 Å². The lowest BCUT2D eigenvalue weighted by Crippen LogP contribution is -2.22. The molecule has 0 amide bonds. The Hall–Kier alpha value is -1.96. The predicted octanol–water partition coefficient (Wildman–Crippen LogP) is 1.16. The Morgan fingerprint density at radius 1 is 1.38 bits per heavy atom. The van der Waals surface area contributed by atoms with Gasteiger partial charge in [0.05, 0.1) is 12.9 Å². The molecule has 1 aliphatic rings. The summed E-state index contributed by atoms with van der Waals surface area (Å²) in [5.41, 5.74) is 0.663. The molecule has 0 aromatic carbocycles. The van der Waals surface area contributed by atoms with E-state index in [4.69, 9.17) is 4.74 Å². The molecule has 0 bridgehead atoms. The van der Waals surface area contributed by atoms with Crippen LogP contribution in [0.15, 0.2) is 18.2 Å². The summed E-state index contributed by atoms with van der Waals surface area (Å²) < 4.78 is 30.3. The second-order valence-electron chi connectivity index (χ2n) is 4.99.